The molecule has 0 amide bonds. The van der Waals surface area contributed by atoms with E-state index in [2.05, 4.69) is 21.8 Å². The van der Waals surface area contributed by atoms with Gasteiger partial charge in [0.2, 0.25) is 0 Å². The molecule has 1 aromatic rings. The number of hydrogen-bond acceptors (Lipinski definition) is 5. The number of rotatable bonds is 8. The predicted molar refractivity (Wildman–Crippen MR) is 72.1 cm³/mol. The number of nitrogens with two attached hydrogens (primary N) is 1. The molecule has 17 heavy (non-hydrogen) atoms. The molecule has 0 aromatic carbocycles. The highest BCUT2D eigenvalue weighted by Crippen LogP contribution is 2.16. The summed E-state index contributed by atoms with van der Waals surface area (Å²) in [5.74, 6) is 0. The van der Waals surface area contributed by atoms with Gasteiger partial charge in [0.1, 0.15) is 5.01 Å². The topological polar surface area (TPSA) is 51.4 Å². The molecule has 0 saturated carbocycles. The minimum atomic E-state index is 0.0144. The molecule has 0 aliphatic rings. The molecule has 0 aliphatic carbocycles. The Morgan fingerprint density at radius 3 is 3.00 bits per heavy atom. The van der Waals surface area contributed by atoms with Crippen molar-refractivity contribution in [3.8, 4) is 0 Å². The quantitative estimate of drug-likeness (QED) is 0.720. The standard InChI is InChI=1S/C12H21N3OS/c1-4-5-15(6-7-16-3)8-11-9-17-12(14-11)10(2)13/h4,9-10H,1,5-8,13H2,2-3H3. The maximum Gasteiger partial charge on any atom is 0.109 e. The van der Waals surface area contributed by atoms with Gasteiger partial charge in [0.05, 0.1) is 18.3 Å². The van der Waals surface area contributed by atoms with Gasteiger partial charge in [-0.3, -0.25) is 4.90 Å². The molecule has 1 heterocycles. The molecule has 0 spiro atoms. The zero-order valence-corrected chi connectivity index (χ0v) is 11.4. The van der Waals surface area contributed by atoms with Crippen LogP contribution in [0.15, 0.2) is 18.0 Å². The van der Waals surface area contributed by atoms with Crippen molar-refractivity contribution in [3.05, 3.63) is 28.7 Å². The molecule has 4 nitrogen and oxygen atoms in total. The van der Waals surface area contributed by atoms with Crippen LogP contribution in [0.2, 0.25) is 0 Å². The van der Waals surface area contributed by atoms with Gasteiger partial charge < -0.3 is 10.5 Å². The Morgan fingerprint density at radius 2 is 2.47 bits per heavy atom. The van der Waals surface area contributed by atoms with E-state index < -0.39 is 0 Å². The average Bonchev–Trinajstić information content (AvgIpc) is 2.75. The molecule has 0 bridgehead atoms. The van der Waals surface area contributed by atoms with E-state index in [0.29, 0.717) is 0 Å². The minimum Gasteiger partial charge on any atom is -0.383 e. The monoisotopic (exact) mass is 255 g/mol. The van der Waals surface area contributed by atoms with Gasteiger partial charge in [0, 0.05) is 32.1 Å². The first kappa shape index (κ1) is 14.3. The van der Waals surface area contributed by atoms with E-state index in [0.717, 1.165) is 36.9 Å². The van der Waals surface area contributed by atoms with Crippen LogP contribution in [0.5, 0.6) is 0 Å². The molecule has 0 radical (unpaired) electrons. The van der Waals surface area contributed by atoms with Gasteiger partial charge >= 0.3 is 0 Å². The normalized spacial score (nSPS) is 12.9. The summed E-state index contributed by atoms with van der Waals surface area (Å²) in [5, 5.41) is 3.06. The van der Waals surface area contributed by atoms with Crippen molar-refractivity contribution in [2.45, 2.75) is 19.5 Å². The zero-order chi connectivity index (χ0) is 12.7. The summed E-state index contributed by atoms with van der Waals surface area (Å²) < 4.78 is 5.09. The van der Waals surface area contributed by atoms with Crippen molar-refractivity contribution in [2.75, 3.05) is 26.8 Å². The highest BCUT2D eigenvalue weighted by Gasteiger charge is 2.09. The third-order valence-corrected chi connectivity index (χ3v) is 3.44. The molecular formula is C12H21N3OS. The summed E-state index contributed by atoms with van der Waals surface area (Å²) in [6.07, 6.45) is 1.90. The molecule has 1 unspecified atom stereocenters. The van der Waals surface area contributed by atoms with Gasteiger partial charge in [-0.2, -0.15) is 0 Å². The van der Waals surface area contributed by atoms with Crippen LogP contribution in [0.4, 0.5) is 0 Å². The Kier molecular flexibility index (Phi) is 6.36. The maximum atomic E-state index is 5.79. The molecule has 0 fully saturated rings. The van der Waals surface area contributed by atoms with Crippen molar-refractivity contribution < 1.29 is 4.74 Å². The number of methoxy groups -OCH3 is 1. The van der Waals surface area contributed by atoms with E-state index in [1.165, 1.54) is 0 Å². The van der Waals surface area contributed by atoms with Crippen molar-refractivity contribution >= 4 is 11.3 Å². The fourth-order valence-electron chi connectivity index (χ4n) is 1.47. The highest BCUT2D eigenvalue weighted by molar-refractivity contribution is 7.09. The summed E-state index contributed by atoms with van der Waals surface area (Å²) in [7, 11) is 1.71. The van der Waals surface area contributed by atoms with E-state index in [9.17, 15) is 0 Å². The maximum absolute atomic E-state index is 5.79. The SMILES string of the molecule is C=CCN(CCOC)Cc1csc(C(C)N)n1. The van der Waals surface area contributed by atoms with Crippen LogP contribution in [0.25, 0.3) is 0 Å². The first-order valence-electron chi connectivity index (χ1n) is 5.69. The van der Waals surface area contributed by atoms with Crippen molar-refractivity contribution in [1.82, 2.24) is 9.88 Å². The second-order valence-corrected chi connectivity index (χ2v) is 4.87. The largest absolute Gasteiger partial charge is 0.383 e. The average molecular weight is 255 g/mol. The second-order valence-electron chi connectivity index (χ2n) is 3.98. The van der Waals surface area contributed by atoms with Crippen molar-refractivity contribution in [2.24, 2.45) is 5.73 Å². The van der Waals surface area contributed by atoms with Crippen LogP contribution in [0.3, 0.4) is 0 Å². The predicted octanol–water partition coefficient (Wildman–Crippen LogP) is 1.80. The fourth-order valence-corrected chi connectivity index (χ4v) is 2.24. The minimum absolute atomic E-state index is 0.0144. The first-order chi connectivity index (χ1) is 8.17. The Bertz CT molecular complexity index is 338. The van der Waals surface area contributed by atoms with Crippen LogP contribution < -0.4 is 5.73 Å². The van der Waals surface area contributed by atoms with Gasteiger partial charge in [-0.05, 0) is 6.92 Å². The molecular weight excluding hydrogens is 234 g/mol. The summed E-state index contributed by atoms with van der Waals surface area (Å²) >= 11 is 1.62. The number of thiazole rings is 1. The molecule has 1 aromatic heterocycles. The molecule has 1 atom stereocenters. The van der Waals surface area contributed by atoms with E-state index >= 15 is 0 Å². The van der Waals surface area contributed by atoms with E-state index in [4.69, 9.17) is 10.5 Å². The summed E-state index contributed by atoms with van der Waals surface area (Å²) in [6.45, 7) is 8.98. The van der Waals surface area contributed by atoms with Crippen LogP contribution in [-0.4, -0.2) is 36.7 Å². The number of hydrogen-bond donors (Lipinski definition) is 1. The zero-order valence-electron chi connectivity index (χ0n) is 10.6. The lowest BCUT2D eigenvalue weighted by Crippen LogP contribution is -2.27. The number of nitrogens with zero attached hydrogens (tertiary/aromatic N) is 2. The Balaban J connectivity index is 2.54. The smallest absolute Gasteiger partial charge is 0.109 e. The Labute approximate surface area is 107 Å². The van der Waals surface area contributed by atoms with Crippen LogP contribution in [0.1, 0.15) is 23.7 Å². The fraction of sp³-hybridized carbons (Fsp3) is 0.583. The van der Waals surface area contributed by atoms with E-state index in [-0.39, 0.29) is 6.04 Å². The molecule has 1 rings (SSSR count). The molecule has 5 heteroatoms. The Hall–Kier alpha value is -0.750. The van der Waals surface area contributed by atoms with Crippen molar-refractivity contribution in [1.29, 1.82) is 0 Å². The van der Waals surface area contributed by atoms with Gasteiger partial charge in [0.15, 0.2) is 0 Å². The molecule has 2 N–H and O–H groups in total. The van der Waals surface area contributed by atoms with E-state index in [1.807, 2.05) is 13.0 Å². The van der Waals surface area contributed by atoms with Crippen LogP contribution in [-0.2, 0) is 11.3 Å². The number of ether oxygens (including phenoxy) is 1. The third-order valence-electron chi connectivity index (χ3n) is 2.34. The highest BCUT2D eigenvalue weighted by atomic mass is 32.1. The lowest BCUT2D eigenvalue weighted by atomic mass is 10.3. The molecule has 0 saturated heterocycles. The summed E-state index contributed by atoms with van der Waals surface area (Å²) in [4.78, 5) is 6.76. The van der Waals surface area contributed by atoms with Crippen molar-refractivity contribution in [3.63, 3.8) is 0 Å². The lowest BCUT2D eigenvalue weighted by Gasteiger charge is -2.18. The molecule has 96 valence electrons. The first-order valence-corrected chi connectivity index (χ1v) is 6.57. The Morgan fingerprint density at radius 1 is 1.71 bits per heavy atom. The van der Waals surface area contributed by atoms with E-state index in [1.54, 1.807) is 18.4 Å². The summed E-state index contributed by atoms with van der Waals surface area (Å²) in [5.41, 5.74) is 6.86. The van der Waals surface area contributed by atoms with Crippen LogP contribution >= 0.6 is 11.3 Å². The third kappa shape index (κ3) is 4.95. The van der Waals surface area contributed by atoms with Gasteiger partial charge in [0.25, 0.3) is 0 Å². The van der Waals surface area contributed by atoms with Crippen LogP contribution in [0, 0.1) is 0 Å². The summed E-state index contributed by atoms with van der Waals surface area (Å²) in [6, 6.07) is 0.0144. The van der Waals surface area contributed by atoms with Gasteiger partial charge in [-0.15, -0.1) is 17.9 Å². The molecule has 0 aliphatic heterocycles. The lowest BCUT2D eigenvalue weighted by molar-refractivity contribution is 0.150. The number of aromatic nitrogens is 1. The second kappa shape index (κ2) is 7.55. The van der Waals surface area contributed by atoms with Gasteiger partial charge in [-0.25, -0.2) is 4.98 Å². The van der Waals surface area contributed by atoms with Gasteiger partial charge in [-0.1, -0.05) is 6.08 Å².